The second-order valence-electron chi connectivity index (χ2n) is 7.96. The van der Waals surface area contributed by atoms with E-state index in [-0.39, 0.29) is 16.5 Å². The molecule has 1 aliphatic heterocycles. The number of benzene rings is 2. The van der Waals surface area contributed by atoms with E-state index < -0.39 is 27.3 Å². The molecule has 6 heteroatoms. The Labute approximate surface area is 172 Å². The number of aliphatic hydroxyl groups excluding tert-OH is 1. The highest BCUT2D eigenvalue weighted by Crippen LogP contribution is 2.49. The Kier molecular flexibility index (Phi) is 6.34. The lowest BCUT2D eigenvalue weighted by Gasteiger charge is -2.39. The third-order valence-corrected chi connectivity index (χ3v) is 8.27. The minimum atomic E-state index is -3.63. The van der Waals surface area contributed by atoms with Crippen molar-refractivity contribution in [2.45, 2.75) is 56.4 Å². The van der Waals surface area contributed by atoms with Crippen LogP contribution in [0.3, 0.4) is 0 Å². The Hall–Kier alpha value is -1.92. The van der Waals surface area contributed by atoms with Crippen LogP contribution >= 0.6 is 0 Å². The Morgan fingerprint density at radius 1 is 1.17 bits per heavy atom. The van der Waals surface area contributed by atoms with Crippen LogP contribution in [0.4, 0.5) is 4.39 Å². The van der Waals surface area contributed by atoms with Gasteiger partial charge in [0.1, 0.15) is 11.6 Å². The summed E-state index contributed by atoms with van der Waals surface area (Å²) in [7, 11) is -2.10. The lowest BCUT2D eigenvalue weighted by Crippen LogP contribution is -2.42. The van der Waals surface area contributed by atoms with Crippen molar-refractivity contribution in [3.8, 4) is 5.75 Å². The Morgan fingerprint density at radius 2 is 1.86 bits per heavy atom. The molecule has 1 heterocycles. The molecule has 1 aliphatic rings. The molecule has 0 fully saturated rings. The SMILES string of the molecule is CCCC[C@]1(CC)CS(=O)(=O)c2ccc(OC)cc2[C@H](c2ccc(F)cc2)[C@@H]1O. The maximum absolute atomic E-state index is 13.6. The second kappa shape index (κ2) is 8.44. The van der Waals surface area contributed by atoms with Gasteiger partial charge in [-0.2, -0.15) is 0 Å². The summed E-state index contributed by atoms with van der Waals surface area (Å²) in [5.74, 6) is -0.539. The van der Waals surface area contributed by atoms with Gasteiger partial charge in [-0.25, -0.2) is 12.8 Å². The van der Waals surface area contributed by atoms with Gasteiger partial charge in [0, 0.05) is 11.3 Å². The average molecular weight is 421 g/mol. The van der Waals surface area contributed by atoms with Crippen molar-refractivity contribution < 1.29 is 22.7 Å². The molecule has 0 bridgehead atoms. The molecule has 0 spiro atoms. The zero-order valence-electron chi connectivity index (χ0n) is 17.2. The van der Waals surface area contributed by atoms with E-state index in [1.165, 1.54) is 19.2 Å². The number of halogens is 1. The molecule has 0 radical (unpaired) electrons. The van der Waals surface area contributed by atoms with E-state index in [0.29, 0.717) is 29.7 Å². The van der Waals surface area contributed by atoms with Crippen LogP contribution in [0.25, 0.3) is 0 Å². The minimum absolute atomic E-state index is 0.102. The first kappa shape index (κ1) is 21.8. The van der Waals surface area contributed by atoms with E-state index in [2.05, 4.69) is 6.92 Å². The molecule has 4 nitrogen and oxygen atoms in total. The number of sulfone groups is 1. The smallest absolute Gasteiger partial charge is 0.179 e. The number of rotatable bonds is 6. The molecule has 0 amide bonds. The number of unbranched alkanes of at least 4 members (excludes halogenated alkanes) is 1. The first-order chi connectivity index (χ1) is 13.8. The van der Waals surface area contributed by atoms with Gasteiger partial charge in [-0.1, -0.05) is 38.8 Å². The number of aliphatic hydroxyl groups is 1. The molecule has 29 heavy (non-hydrogen) atoms. The van der Waals surface area contributed by atoms with E-state index in [1.807, 2.05) is 6.92 Å². The number of ether oxygens (including phenoxy) is 1. The Balaban J connectivity index is 2.29. The van der Waals surface area contributed by atoms with Crippen LogP contribution in [0, 0.1) is 11.2 Å². The fraction of sp³-hybridized carbons (Fsp3) is 0.478. The molecule has 0 saturated heterocycles. The maximum Gasteiger partial charge on any atom is 0.179 e. The molecular formula is C23H29FO4S. The first-order valence-electron chi connectivity index (χ1n) is 10.1. The summed E-state index contributed by atoms with van der Waals surface area (Å²) < 4.78 is 45.7. The molecule has 3 atom stereocenters. The zero-order valence-corrected chi connectivity index (χ0v) is 18.0. The molecule has 0 aromatic heterocycles. The lowest BCUT2D eigenvalue weighted by atomic mass is 9.69. The molecule has 0 unspecified atom stereocenters. The first-order valence-corrected chi connectivity index (χ1v) is 11.8. The Bertz CT molecular complexity index is 955. The third kappa shape index (κ3) is 4.05. The number of fused-ring (bicyclic) bond motifs is 1. The van der Waals surface area contributed by atoms with E-state index in [0.717, 1.165) is 12.8 Å². The summed E-state index contributed by atoms with van der Waals surface area (Å²) in [6.45, 7) is 3.99. The van der Waals surface area contributed by atoms with Gasteiger partial charge in [-0.05, 0) is 54.3 Å². The summed E-state index contributed by atoms with van der Waals surface area (Å²) in [4.78, 5) is 0.221. The summed E-state index contributed by atoms with van der Waals surface area (Å²) in [6.07, 6.45) is 1.97. The standard InChI is InChI=1S/C23H29FO4S/c1-4-6-13-23(5-2)15-29(26,27)20-12-11-18(28-3)14-19(20)21(22(23)25)16-7-9-17(24)10-8-16/h7-12,14,21-22,25H,4-6,13,15H2,1-3H3/t21-,22-,23+/m0/s1. The van der Waals surface area contributed by atoms with Crippen LogP contribution in [0.15, 0.2) is 47.4 Å². The lowest BCUT2D eigenvalue weighted by molar-refractivity contribution is 0.0173. The van der Waals surface area contributed by atoms with Gasteiger partial charge in [0.05, 0.1) is 23.9 Å². The zero-order chi connectivity index (χ0) is 21.2. The summed E-state index contributed by atoms with van der Waals surface area (Å²) in [5, 5.41) is 11.7. The molecular weight excluding hydrogens is 391 g/mol. The van der Waals surface area contributed by atoms with Gasteiger partial charge < -0.3 is 9.84 Å². The largest absolute Gasteiger partial charge is 0.497 e. The molecule has 158 valence electrons. The summed E-state index contributed by atoms with van der Waals surface area (Å²) in [5.41, 5.74) is 0.426. The van der Waals surface area contributed by atoms with Gasteiger partial charge in [0.25, 0.3) is 0 Å². The molecule has 2 aromatic carbocycles. The predicted octanol–water partition coefficient (Wildman–Crippen LogP) is 4.70. The monoisotopic (exact) mass is 420 g/mol. The highest BCUT2D eigenvalue weighted by molar-refractivity contribution is 7.91. The van der Waals surface area contributed by atoms with Crippen molar-refractivity contribution in [1.29, 1.82) is 0 Å². The van der Waals surface area contributed by atoms with Gasteiger partial charge in [0.2, 0.25) is 0 Å². The van der Waals surface area contributed by atoms with Crippen LogP contribution in [0.5, 0.6) is 5.75 Å². The van der Waals surface area contributed by atoms with Crippen molar-refractivity contribution in [3.05, 3.63) is 59.4 Å². The number of hydrogen-bond acceptors (Lipinski definition) is 4. The van der Waals surface area contributed by atoms with Crippen molar-refractivity contribution in [2.24, 2.45) is 5.41 Å². The summed E-state index contributed by atoms with van der Waals surface area (Å²) in [6, 6.07) is 10.8. The normalized spacial score (nSPS) is 25.8. The van der Waals surface area contributed by atoms with E-state index in [4.69, 9.17) is 4.74 Å². The van der Waals surface area contributed by atoms with E-state index in [9.17, 15) is 17.9 Å². The quantitative estimate of drug-likeness (QED) is 0.736. The van der Waals surface area contributed by atoms with Gasteiger partial charge in [-0.15, -0.1) is 0 Å². The van der Waals surface area contributed by atoms with Crippen LogP contribution < -0.4 is 4.74 Å². The Morgan fingerprint density at radius 3 is 2.45 bits per heavy atom. The van der Waals surface area contributed by atoms with Gasteiger partial charge >= 0.3 is 0 Å². The summed E-state index contributed by atoms with van der Waals surface area (Å²) >= 11 is 0. The number of hydrogen-bond donors (Lipinski definition) is 1. The predicted molar refractivity (Wildman–Crippen MR) is 112 cm³/mol. The average Bonchev–Trinajstić information content (AvgIpc) is 2.78. The number of methoxy groups -OCH3 is 1. The van der Waals surface area contributed by atoms with Crippen LogP contribution in [-0.2, 0) is 9.84 Å². The molecule has 2 aromatic rings. The van der Waals surface area contributed by atoms with E-state index >= 15 is 0 Å². The fourth-order valence-corrected chi connectivity index (χ4v) is 6.77. The van der Waals surface area contributed by atoms with Gasteiger partial charge in [0.15, 0.2) is 9.84 Å². The molecule has 0 saturated carbocycles. The van der Waals surface area contributed by atoms with Crippen LogP contribution in [0.1, 0.15) is 56.6 Å². The topological polar surface area (TPSA) is 63.6 Å². The molecule has 1 N–H and O–H groups in total. The van der Waals surface area contributed by atoms with Crippen LogP contribution in [-0.4, -0.2) is 32.5 Å². The highest BCUT2D eigenvalue weighted by Gasteiger charge is 2.48. The van der Waals surface area contributed by atoms with Crippen molar-refractivity contribution in [2.75, 3.05) is 12.9 Å². The van der Waals surface area contributed by atoms with Crippen molar-refractivity contribution in [1.82, 2.24) is 0 Å². The second-order valence-corrected chi connectivity index (χ2v) is 9.91. The van der Waals surface area contributed by atoms with Crippen LogP contribution in [0.2, 0.25) is 0 Å². The maximum atomic E-state index is 13.6. The van der Waals surface area contributed by atoms with E-state index in [1.54, 1.807) is 30.3 Å². The third-order valence-electron chi connectivity index (χ3n) is 6.27. The molecule has 0 aliphatic carbocycles. The fourth-order valence-electron chi connectivity index (χ4n) is 4.51. The van der Waals surface area contributed by atoms with Crippen molar-refractivity contribution >= 4 is 9.84 Å². The molecule has 3 rings (SSSR count). The highest BCUT2D eigenvalue weighted by atomic mass is 32.2. The van der Waals surface area contributed by atoms with Gasteiger partial charge in [-0.3, -0.25) is 0 Å². The minimum Gasteiger partial charge on any atom is -0.497 e. The van der Waals surface area contributed by atoms with Crippen molar-refractivity contribution in [3.63, 3.8) is 0 Å².